The second kappa shape index (κ2) is 4.26. The molecule has 1 aliphatic rings. The molecule has 5 heteroatoms. The first-order valence-electron chi connectivity index (χ1n) is 6.40. The van der Waals surface area contributed by atoms with E-state index in [1.54, 1.807) is 0 Å². The molecule has 1 aromatic heterocycles. The smallest absolute Gasteiger partial charge is 0.308 e. The third-order valence-electron chi connectivity index (χ3n) is 3.62. The summed E-state index contributed by atoms with van der Waals surface area (Å²) in [5, 5.41) is 9.02. The Labute approximate surface area is 110 Å². The van der Waals surface area contributed by atoms with E-state index >= 15 is 0 Å². The molecule has 100 valence electrons. The number of hydrogen-bond donors (Lipinski definition) is 1. The number of oxazole rings is 1. The maximum absolute atomic E-state index is 11.0. The van der Waals surface area contributed by atoms with E-state index in [4.69, 9.17) is 9.52 Å². The first kappa shape index (κ1) is 12.0. The Morgan fingerprint density at radius 1 is 1.47 bits per heavy atom. The van der Waals surface area contributed by atoms with E-state index in [1.807, 2.05) is 24.8 Å². The topological polar surface area (TPSA) is 66.6 Å². The number of carbonyl (C=O) groups is 1. The molecule has 19 heavy (non-hydrogen) atoms. The van der Waals surface area contributed by atoms with Crippen molar-refractivity contribution < 1.29 is 14.3 Å². The quantitative estimate of drug-likeness (QED) is 0.897. The average Bonchev–Trinajstić information content (AvgIpc) is 2.92. The molecule has 1 atom stereocenters. The van der Waals surface area contributed by atoms with Gasteiger partial charge < -0.3 is 14.4 Å². The second-order valence-corrected chi connectivity index (χ2v) is 5.20. The van der Waals surface area contributed by atoms with Crippen LogP contribution in [0.1, 0.15) is 17.5 Å². The van der Waals surface area contributed by atoms with Gasteiger partial charge in [-0.3, -0.25) is 4.79 Å². The number of anilines is 1. The van der Waals surface area contributed by atoms with Gasteiger partial charge in [0.05, 0.1) is 5.92 Å². The molecular weight excluding hydrogens is 244 g/mol. The molecule has 1 aliphatic heterocycles. The number of nitrogens with zero attached hydrogens (tertiary/aromatic N) is 2. The molecule has 2 aromatic rings. The van der Waals surface area contributed by atoms with Gasteiger partial charge in [0.2, 0.25) is 0 Å². The Bertz CT molecular complexity index is 647. The highest BCUT2D eigenvalue weighted by molar-refractivity contribution is 5.79. The molecule has 0 spiro atoms. The summed E-state index contributed by atoms with van der Waals surface area (Å²) in [5.41, 5.74) is 3.84. The van der Waals surface area contributed by atoms with Crippen LogP contribution in [0.3, 0.4) is 0 Å². The van der Waals surface area contributed by atoms with Crippen LogP contribution in [-0.2, 0) is 4.79 Å². The molecule has 1 fully saturated rings. The number of aryl methyl sites for hydroxylation is 2. The predicted octanol–water partition coefficient (Wildman–Crippen LogP) is 2.36. The second-order valence-electron chi connectivity index (χ2n) is 5.20. The van der Waals surface area contributed by atoms with Crippen LogP contribution >= 0.6 is 0 Å². The monoisotopic (exact) mass is 260 g/mol. The van der Waals surface area contributed by atoms with Gasteiger partial charge in [0.1, 0.15) is 5.52 Å². The van der Waals surface area contributed by atoms with E-state index in [2.05, 4.69) is 11.1 Å². The van der Waals surface area contributed by atoms with Crippen molar-refractivity contribution in [2.45, 2.75) is 20.3 Å². The van der Waals surface area contributed by atoms with Gasteiger partial charge in [-0.25, -0.2) is 0 Å². The molecule has 1 aromatic carbocycles. The Kier molecular flexibility index (Phi) is 2.69. The number of aromatic nitrogens is 1. The van der Waals surface area contributed by atoms with Crippen LogP contribution < -0.4 is 4.90 Å². The van der Waals surface area contributed by atoms with E-state index in [0.29, 0.717) is 25.5 Å². The van der Waals surface area contributed by atoms with Crippen molar-refractivity contribution >= 4 is 23.1 Å². The van der Waals surface area contributed by atoms with Crippen molar-refractivity contribution in [2.24, 2.45) is 5.92 Å². The van der Waals surface area contributed by atoms with Crippen molar-refractivity contribution in [3.8, 4) is 0 Å². The molecule has 0 bridgehead atoms. The van der Waals surface area contributed by atoms with Crippen LogP contribution in [0.5, 0.6) is 0 Å². The van der Waals surface area contributed by atoms with E-state index in [-0.39, 0.29) is 5.92 Å². The molecule has 0 radical (unpaired) electrons. The van der Waals surface area contributed by atoms with Crippen LogP contribution in [-0.4, -0.2) is 29.1 Å². The number of hydrogen-bond acceptors (Lipinski definition) is 4. The zero-order chi connectivity index (χ0) is 13.6. The lowest BCUT2D eigenvalue weighted by Gasteiger charge is -2.11. The summed E-state index contributed by atoms with van der Waals surface area (Å²) in [6, 6.07) is 4.58. The highest BCUT2D eigenvalue weighted by Crippen LogP contribution is 2.29. The fourth-order valence-electron chi connectivity index (χ4n) is 2.64. The van der Waals surface area contributed by atoms with E-state index in [1.165, 1.54) is 0 Å². The molecule has 0 aliphatic carbocycles. The van der Waals surface area contributed by atoms with Crippen LogP contribution in [0.15, 0.2) is 16.5 Å². The Balaban J connectivity index is 1.94. The maximum atomic E-state index is 11.0. The first-order valence-corrected chi connectivity index (χ1v) is 6.40. The number of rotatable bonds is 2. The summed E-state index contributed by atoms with van der Waals surface area (Å²) in [4.78, 5) is 17.4. The maximum Gasteiger partial charge on any atom is 0.308 e. The molecule has 0 amide bonds. The fourth-order valence-corrected chi connectivity index (χ4v) is 2.64. The fraction of sp³-hybridized carbons (Fsp3) is 0.429. The highest BCUT2D eigenvalue weighted by Gasteiger charge is 2.30. The molecule has 1 N–H and O–H groups in total. The van der Waals surface area contributed by atoms with Crippen molar-refractivity contribution in [1.29, 1.82) is 0 Å². The number of carboxylic acids is 1. The van der Waals surface area contributed by atoms with Gasteiger partial charge in [-0.1, -0.05) is 6.07 Å². The van der Waals surface area contributed by atoms with Crippen molar-refractivity contribution in [3.05, 3.63) is 23.3 Å². The summed E-state index contributed by atoms with van der Waals surface area (Å²) >= 11 is 0. The number of fused-ring (bicyclic) bond motifs is 1. The molecule has 5 nitrogen and oxygen atoms in total. The largest absolute Gasteiger partial charge is 0.481 e. The van der Waals surface area contributed by atoms with E-state index in [9.17, 15) is 4.79 Å². The third-order valence-corrected chi connectivity index (χ3v) is 3.62. The minimum absolute atomic E-state index is 0.321. The van der Waals surface area contributed by atoms with Gasteiger partial charge >= 0.3 is 5.97 Å². The lowest BCUT2D eigenvalue weighted by atomic mass is 10.1. The SMILES string of the molecule is Cc1cc(C)c2oc(N3CC[C@@H](C(=O)O)C3)nc2c1. The van der Waals surface area contributed by atoms with E-state index < -0.39 is 5.97 Å². The summed E-state index contributed by atoms with van der Waals surface area (Å²) in [6.45, 7) is 5.17. The summed E-state index contributed by atoms with van der Waals surface area (Å²) in [7, 11) is 0. The van der Waals surface area contributed by atoms with Crippen molar-refractivity contribution in [1.82, 2.24) is 4.98 Å². The van der Waals surface area contributed by atoms with Gasteiger partial charge in [0.25, 0.3) is 6.01 Å². The van der Waals surface area contributed by atoms with Crippen LogP contribution in [0.2, 0.25) is 0 Å². The third kappa shape index (κ3) is 2.05. The molecule has 2 heterocycles. The van der Waals surface area contributed by atoms with Crippen molar-refractivity contribution in [2.75, 3.05) is 18.0 Å². The standard InChI is InChI=1S/C14H16N2O3/c1-8-5-9(2)12-11(6-8)15-14(19-12)16-4-3-10(7-16)13(17)18/h5-6,10H,3-4,7H2,1-2H3,(H,17,18)/t10-/m1/s1. The number of benzene rings is 1. The van der Waals surface area contributed by atoms with Crippen LogP contribution in [0.4, 0.5) is 6.01 Å². The lowest BCUT2D eigenvalue weighted by molar-refractivity contribution is -0.140. The molecule has 1 saturated heterocycles. The van der Waals surface area contributed by atoms with Crippen molar-refractivity contribution in [3.63, 3.8) is 0 Å². The summed E-state index contributed by atoms with van der Waals surface area (Å²) in [6.07, 6.45) is 0.645. The molecule has 0 saturated carbocycles. The Morgan fingerprint density at radius 2 is 2.26 bits per heavy atom. The predicted molar refractivity (Wildman–Crippen MR) is 71.4 cm³/mol. The summed E-state index contributed by atoms with van der Waals surface area (Å²) < 4.78 is 5.79. The minimum atomic E-state index is -0.745. The first-order chi connectivity index (χ1) is 9.04. The van der Waals surface area contributed by atoms with E-state index in [0.717, 1.165) is 22.2 Å². The van der Waals surface area contributed by atoms with Gasteiger partial charge in [-0.05, 0) is 37.5 Å². The molecule has 0 unspecified atom stereocenters. The van der Waals surface area contributed by atoms with Gasteiger partial charge in [0, 0.05) is 13.1 Å². The molecular formula is C14H16N2O3. The highest BCUT2D eigenvalue weighted by atomic mass is 16.4. The Morgan fingerprint density at radius 3 is 2.95 bits per heavy atom. The zero-order valence-electron chi connectivity index (χ0n) is 11.0. The van der Waals surface area contributed by atoms with Crippen LogP contribution in [0, 0.1) is 19.8 Å². The minimum Gasteiger partial charge on any atom is -0.481 e. The summed E-state index contributed by atoms with van der Waals surface area (Å²) in [5.74, 6) is -1.07. The zero-order valence-corrected chi connectivity index (χ0v) is 11.0. The lowest BCUT2D eigenvalue weighted by Crippen LogP contribution is -2.22. The number of aliphatic carboxylic acids is 1. The normalized spacial score (nSPS) is 19.3. The number of carboxylic acid groups (broad SMARTS) is 1. The Hall–Kier alpha value is -2.04. The van der Waals surface area contributed by atoms with Gasteiger partial charge in [0.15, 0.2) is 5.58 Å². The van der Waals surface area contributed by atoms with Gasteiger partial charge in [-0.2, -0.15) is 4.98 Å². The van der Waals surface area contributed by atoms with Crippen LogP contribution in [0.25, 0.3) is 11.1 Å². The molecule has 3 rings (SSSR count). The van der Waals surface area contributed by atoms with Gasteiger partial charge in [-0.15, -0.1) is 0 Å². The average molecular weight is 260 g/mol.